The summed E-state index contributed by atoms with van der Waals surface area (Å²) in [5, 5.41) is 23.0. The Hall–Kier alpha value is -1.92. The average molecular weight is 872 g/mol. The fraction of sp³-hybridized carbons (Fsp3) is 0.857. The van der Waals surface area contributed by atoms with Gasteiger partial charge in [-0.15, -0.1) is 0 Å². The maximum atomic E-state index is 12.4. The maximum absolute atomic E-state index is 12.4. The van der Waals surface area contributed by atoms with Crippen LogP contribution in [0.15, 0.2) is 36.5 Å². The predicted molar refractivity (Wildman–Crippen MR) is 269 cm³/mol. The third-order valence-electron chi connectivity index (χ3n) is 12.4. The molecule has 0 saturated carbocycles. The second kappa shape index (κ2) is 51.7. The van der Waals surface area contributed by atoms with Gasteiger partial charge in [-0.25, -0.2) is 0 Å². The van der Waals surface area contributed by atoms with E-state index in [-0.39, 0.29) is 18.5 Å². The molecule has 2 unspecified atom stereocenters. The monoisotopic (exact) mass is 872 g/mol. The van der Waals surface area contributed by atoms with Crippen molar-refractivity contribution < 1.29 is 24.5 Å². The van der Waals surface area contributed by atoms with Crippen LogP contribution in [0.25, 0.3) is 0 Å². The Bertz CT molecular complexity index is 1010. The van der Waals surface area contributed by atoms with Gasteiger partial charge in [-0.05, 0) is 51.4 Å². The van der Waals surface area contributed by atoms with Crippen LogP contribution < -0.4 is 5.32 Å². The molecule has 6 nitrogen and oxygen atoms in total. The molecule has 0 aromatic heterocycles. The average Bonchev–Trinajstić information content (AvgIpc) is 3.27. The summed E-state index contributed by atoms with van der Waals surface area (Å²) in [6, 6.07) is -0.672. The van der Waals surface area contributed by atoms with Crippen molar-refractivity contribution in [3.05, 3.63) is 36.5 Å². The largest absolute Gasteiger partial charge is 0.466 e. The van der Waals surface area contributed by atoms with Crippen molar-refractivity contribution >= 4 is 11.9 Å². The standard InChI is InChI=1S/C56H105NO5/c1-3-5-7-9-11-13-15-17-19-20-21-22-24-28-32-36-40-44-48-54(59)53(52-58)57-55(60)49-45-41-37-33-29-25-23-27-31-35-39-43-47-51-62-56(61)50-46-42-38-34-30-26-18-16-14-12-10-8-6-4-2/h25,29,37,41,44,48,53-54,58-59H,3-24,26-28,30-36,38-40,42-43,45-47,49-52H2,1-2H3,(H,57,60)/b29-25-,41-37-,48-44+. The zero-order chi connectivity index (χ0) is 45.1. The fourth-order valence-corrected chi connectivity index (χ4v) is 8.21. The van der Waals surface area contributed by atoms with Crippen molar-refractivity contribution in [1.29, 1.82) is 0 Å². The van der Waals surface area contributed by atoms with E-state index in [2.05, 4.69) is 37.4 Å². The Kier molecular flexibility index (Phi) is 50.1. The van der Waals surface area contributed by atoms with Crippen molar-refractivity contribution in [2.75, 3.05) is 13.2 Å². The van der Waals surface area contributed by atoms with Gasteiger partial charge in [0.25, 0.3) is 0 Å². The van der Waals surface area contributed by atoms with Gasteiger partial charge in [0.1, 0.15) is 0 Å². The second-order valence-electron chi connectivity index (χ2n) is 18.6. The molecule has 0 fully saturated rings. The number of nitrogens with one attached hydrogen (secondary N) is 1. The lowest BCUT2D eigenvalue weighted by Crippen LogP contribution is -2.45. The summed E-state index contributed by atoms with van der Waals surface area (Å²) in [7, 11) is 0. The molecule has 0 bridgehead atoms. The van der Waals surface area contributed by atoms with E-state index in [1.54, 1.807) is 6.08 Å². The second-order valence-corrected chi connectivity index (χ2v) is 18.6. The Morgan fingerprint density at radius 2 is 0.823 bits per heavy atom. The van der Waals surface area contributed by atoms with Gasteiger partial charge in [-0.1, -0.05) is 256 Å². The fourth-order valence-electron chi connectivity index (χ4n) is 8.21. The van der Waals surface area contributed by atoms with Crippen LogP contribution in [0.1, 0.15) is 284 Å². The SMILES string of the molecule is CCCCCCCCCCCCCCCCCC/C=C/C(O)C(CO)NC(=O)CC/C=C\C/C=C\CCCCCCCCOC(=O)CCCCCCCCCCCCCCCC. The van der Waals surface area contributed by atoms with E-state index >= 15 is 0 Å². The molecule has 3 N–H and O–H groups in total. The molecule has 6 heteroatoms. The van der Waals surface area contributed by atoms with Crippen LogP contribution in [-0.4, -0.2) is 47.4 Å². The first-order valence-electron chi connectivity index (χ1n) is 27.3. The highest BCUT2D eigenvalue weighted by molar-refractivity contribution is 5.76. The number of aliphatic hydroxyl groups is 2. The maximum Gasteiger partial charge on any atom is 0.305 e. The van der Waals surface area contributed by atoms with Crippen LogP contribution in [0.3, 0.4) is 0 Å². The Balaban J connectivity index is 3.58. The molecule has 0 aromatic carbocycles. The summed E-state index contributed by atoms with van der Waals surface area (Å²) >= 11 is 0. The first kappa shape index (κ1) is 60.1. The first-order valence-corrected chi connectivity index (χ1v) is 27.3. The van der Waals surface area contributed by atoms with Gasteiger partial charge < -0.3 is 20.3 Å². The number of esters is 1. The molecule has 0 aliphatic rings. The van der Waals surface area contributed by atoms with Crippen LogP contribution in [0.4, 0.5) is 0 Å². The molecule has 364 valence electrons. The van der Waals surface area contributed by atoms with Crippen LogP contribution in [0, 0.1) is 0 Å². The van der Waals surface area contributed by atoms with Crippen molar-refractivity contribution in [1.82, 2.24) is 5.32 Å². The van der Waals surface area contributed by atoms with E-state index in [0.717, 1.165) is 51.4 Å². The summed E-state index contributed by atoms with van der Waals surface area (Å²) in [6.45, 7) is 4.85. The number of rotatable bonds is 50. The molecule has 0 radical (unpaired) electrons. The van der Waals surface area contributed by atoms with Crippen LogP contribution in [0.2, 0.25) is 0 Å². The van der Waals surface area contributed by atoms with Crippen molar-refractivity contribution in [3.63, 3.8) is 0 Å². The molecule has 62 heavy (non-hydrogen) atoms. The summed E-state index contributed by atoms with van der Waals surface area (Å²) in [4.78, 5) is 24.4. The Morgan fingerprint density at radius 1 is 0.452 bits per heavy atom. The molecule has 0 saturated heterocycles. The van der Waals surface area contributed by atoms with E-state index in [4.69, 9.17) is 4.74 Å². The number of hydrogen-bond acceptors (Lipinski definition) is 5. The number of hydrogen-bond donors (Lipinski definition) is 3. The molecule has 0 aliphatic carbocycles. The third kappa shape index (κ3) is 47.6. The van der Waals surface area contributed by atoms with Crippen molar-refractivity contribution in [2.45, 2.75) is 296 Å². The van der Waals surface area contributed by atoms with Crippen LogP contribution in [0.5, 0.6) is 0 Å². The number of ether oxygens (including phenoxy) is 1. The molecule has 0 rings (SSSR count). The molecular weight excluding hydrogens is 767 g/mol. The summed E-state index contributed by atoms with van der Waals surface area (Å²) in [6.07, 6.45) is 63.1. The number of unbranched alkanes of at least 4 members (excludes halogenated alkanes) is 35. The minimum Gasteiger partial charge on any atom is -0.466 e. The van der Waals surface area contributed by atoms with Gasteiger partial charge >= 0.3 is 5.97 Å². The van der Waals surface area contributed by atoms with Crippen LogP contribution in [-0.2, 0) is 14.3 Å². The van der Waals surface area contributed by atoms with Gasteiger partial charge in [0.05, 0.1) is 25.4 Å². The molecule has 0 aliphatic heterocycles. The number of amides is 1. The zero-order valence-electron chi connectivity index (χ0n) is 41.4. The van der Waals surface area contributed by atoms with E-state index in [9.17, 15) is 19.8 Å². The third-order valence-corrected chi connectivity index (χ3v) is 12.4. The quantitative estimate of drug-likeness (QED) is 0.0321. The molecular formula is C56H105NO5. The minimum atomic E-state index is -0.879. The highest BCUT2D eigenvalue weighted by Gasteiger charge is 2.17. The van der Waals surface area contributed by atoms with Gasteiger partial charge in [0.15, 0.2) is 0 Å². The lowest BCUT2D eigenvalue weighted by molar-refractivity contribution is -0.143. The minimum absolute atomic E-state index is 0.0164. The number of carbonyl (C=O) groups excluding carboxylic acids is 2. The smallest absolute Gasteiger partial charge is 0.305 e. The lowest BCUT2D eigenvalue weighted by atomic mass is 10.0. The summed E-state index contributed by atoms with van der Waals surface area (Å²) in [5.74, 6) is -0.164. The van der Waals surface area contributed by atoms with Crippen molar-refractivity contribution in [2.24, 2.45) is 0 Å². The zero-order valence-corrected chi connectivity index (χ0v) is 41.4. The lowest BCUT2D eigenvalue weighted by Gasteiger charge is -2.19. The van der Waals surface area contributed by atoms with E-state index in [1.165, 1.54) is 199 Å². The molecule has 2 atom stereocenters. The molecule has 0 aromatic rings. The van der Waals surface area contributed by atoms with E-state index < -0.39 is 12.1 Å². The summed E-state index contributed by atoms with van der Waals surface area (Å²) < 4.78 is 5.45. The predicted octanol–water partition coefficient (Wildman–Crippen LogP) is 16.5. The van der Waals surface area contributed by atoms with Gasteiger partial charge in [0.2, 0.25) is 5.91 Å². The number of carbonyl (C=O) groups is 2. The van der Waals surface area contributed by atoms with Gasteiger partial charge in [-0.3, -0.25) is 9.59 Å². The summed E-state index contributed by atoms with van der Waals surface area (Å²) in [5.41, 5.74) is 0. The normalized spacial score (nSPS) is 12.9. The first-order chi connectivity index (χ1) is 30.5. The van der Waals surface area contributed by atoms with Gasteiger partial charge in [-0.2, -0.15) is 0 Å². The topological polar surface area (TPSA) is 95.9 Å². The van der Waals surface area contributed by atoms with Crippen LogP contribution >= 0.6 is 0 Å². The molecule has 0 heterocycles. The molecule has 0 spiro atoms. The van der Waals surface area contributed by atoms with E-state index in [1.807, 2.05) is 12.2 Å². The van der Waals surface area contributed by atoms with Crippen molar-refractivity contribution in [3.8, 4) is 0 Å². The number of aliphatic hydroxyl groups excluding tert-OH is 2. The molecule has 1 amide bonds. The number of allylic oxidation sites excluding steroid dienone is 5. The highest BCUT2D eigenvalue weighted by atomic mass is 16.5. The highest BCUT2D eigenvalue weighted by Crippen LogP contribution is 2.16. The van der Waals surface area contributed by atoms with E-state index in [0.29, 0.717) is 25.9 Å². The van der Waals surface area contributed by atoms with Gasteiger partial charge in [0, 0.05) is 12.8 Å². The Morgan fingerprint density at radius 3 is 1.26 bits per heavy atom. The Labute approximate surface area is 385 Å².